The molecule has 23 heavy (non-hydrogen) atoms. The number of ketones is 1. The van der Waals surface area contributed by atoms with E-state index in [4.69, 9.17) is 0 Å². The first kappa shape index (κ1) is 16.5. The summed E-state index contributed by atoms with van der Waals surface area (Å²) in [6, 6.07) is 7.38. The van der Waals surface area contributed by atoms with Crippen LogP contribution in [0.3, 0.4) is 0 Å². The number of carbonyl (C=O) groups excluding carboxylic acids is 2. The van der Waals surface area contributed by atoms with Gasteiger partial charge in [0.25, 0.3) is 11.5 Å². The van der Waals surface area contributed by atoms with Gasteiger partial charge in [0.15, 0.2) is 5.78 Å². The Bertz CT molecular complexity index is 825. The number of aromatic nitrogens is 1. The van der Waals surface area contributed by atoms with Crippen LogP contribution in [-0.2, 0) is 6.18 Å². The number of nitrogens with one attached hydrogen (secondary N) is 2. The molecule has 0 aliphatic carbocycles. The van der Waals surface area contributed by atoms with Crippen LogP contribution in [0.2, 0.25) is 0 Å². The van der Waals surface area contributed by atoms with Gasteiger partial charge in [-0.3, -0.25) is 14.4 Å². The average Bonchev–Trinajstić information content (AvgIpc) is 2.46. The molecule has 2 N–H and O–H groups in total. The number of halogens is 3. The van der Waals surface area contributed by atoms with E-state index < -0.39 is 28.9 Å². The minimum Gasteiger partial charge on any atom is -0.322 e. The molecule has 1 heterocycles. The Hall–Kier alpha value is -2.90. The van der Waals surface area contributed by atoms with Crippen molar-refractivity contribution in [3.63, 3.8) is 0 Å². The number of hydrogen-bond acceptors (Lipinski definition) is 3. The Labute approximate surface area is 128 Å². The number of alkyl halides is 3. The summed E-state index contributed by atoms with van der Waals surface area (Å²) in [4.78, 5) is 36.5. The molecule has 5 nitrogen and oxygen atoms in total. The molecule has 0 saturated heterocycles. The molecule has 0 radical (unpaired) electrons. The first-order valence-corrected chi connectivity index (χ1v) is 6.41. The SMILES string of the molecule is CC(=O)c1cccc(NC(=O)c2ccc(C(F)(F)F)[nH]c2=O)c1. The van der Waals surface area contributed by atoms with Gasteiger partial charge in [-0.05, 0) is 31.2 Å². The van der Waals surface area contributed by atoms with Gasteiger partial charge in [0, 0.05) is 11.3 Å². The molecule has 0 bridgehead atoms. The molecule has 0 unspecified atom stereocenters. The second-order valence-electron chi connectivity index (χ2n) is 4.70. The van der Waals surface area contributed by atoms with Crippen LogP contribution >= 0.6 is 0 Å². The maximum Gasteiger partial charge on any atom is 0.431 e. The van der Waals surface area contributed by atoms with Crippen molar-refractivity contribution in [3.8, 4) is 0 Å². The number of amides is 1. The van der Waals surface area contributed by atoms with Crippen LogP contribution in [0.1, 0.15) is 33.3 Å². The number of rotatable bonds is 3. The third kappa shape index (κ3) is 3.85. The van der Waals surface area contributed by atoms with E-state index in [1.165, 1.54) is 25.1 Å². The van der Waals surface area contributed by atoms with Crippen LogP contribution in [0, 0.1) is 0 Å². The monoisotopic (exact) mass is 324 g/mol. The van der Waals surface area contributed by atoms with Crippen molar-refractivity contribution in [1.29, 1.82) is 0 Å². The standard InChI is InChI=1S/C15H11F3N2O3/c1-8(21)9-3-2-4-10(7-9)19-13(22)11-5-6-12(15(16,17)18)20-14(11)23/h2-7H,1H3,(H,19,22)(H,20,23). The summed E-state index contributed by atoms with van der Waals surface area (Å²) in [6.07, 6.45) is -4.70. The van der Waals surface area contributed by atoms with Gasteiger partial charge < -0.3 is 10.3 Å². The van der Waals surface area contributed by atoms with Crippen molar-refractivity contribution >= 4 is 17.4 Å². The van der Waals surface area contributed by atoms with Crippen LogP contribution < -0.4 is 10.9 Å². The van der Waals surface area contributed by atoms with Crippen LogP contribution in [0.4, 0.5) is 18.9 Å². The van der Waals surface area contributed by atoms with Crippen molar-refractivity contribution in [2.75, 3.05) is 5.32 Å². The Morgan fingerprint density at radius 3 is 2.39 bits per heavy atom. The van der Waals surface area contributed by atoms with Crippen LogP contribution in [0.5, 0.6) is 0 Å². The van der Waals surface area contributed by atoms with Crippen molar-refractivity contribution in [2.45, 2.75) is 13.1 Å². The number of pyridine rings is 1. The summed E-state index contributed by atoms with van der Waals surface area (Å²) in [5.74, 6) is -1.09. The molecule has 0 fully saturated rings. The Balaban J connectivity index is 2.26. The topological polar surface area (TPSA) is 79.0 Å². The fourth-order valence-corrected chi connectivity index (χ4v) is 1.83. The molecule has 2 aromatic rings. The molecule has 8 heteroatoms. The highest BCUT2D eigenvalue weighted by Crippen LogP contribution is 2.26. The highest BCUT2D eigenvalue weighted by molar-refractivity contribution is 6.04. The highest BCUT2D eigenvalue weighted by Gasteiger charge is 2.32. The summed E-state index contributed by atoms with van der Waals surface area (Å²) in [5.41, 5.74) is -2.25. The smallest absolute Gasteiger partial charge is 0.322 e. The fraction of sp³-hybridized carbons (Fsp3) is 0.133. The van der Waals surface area contributed by atoms with Gasteiger partial charge in [-0.2, -0.15) is 13.2 Å². The lowest BCUT2D eigenvalue weighted by molar-refractivity contribution is -0.141. The maximum absolute atomic E-state index is 12.5. The zero-order valence-corrected chi connectivity index (χ0v) is 11.8. The van der Waals surface area contributed by atoms with Gasteiger partial charge >= 0.3 is 6.18 Å². The summed E-state index contributed by atoms with van der Waals surface area (Å²) < 4.78 is 37.4. The van der Waals surface area contributed by atoms with Crippen molar-refractivity contribution in [1.82, 2.24) is 4.98 Å². The van der Waals surface area contributed by atoms with E-state index in [1.54, 1.807) is 11.1 Å². The third-order valence-electron chi connectivity index (χ3n) is 2.99. The molecule has 0 aliphatic rings. The van der Waals surface area contributed by atoms with Gasteiger partial charge in [0.2, 0.25) is 0 Å². The van der Waals surface area contributed by atoms with Gasteiger partial charge in [0.05, 0.1) is 0 Å². The van der Waals surface area contributed by atoms with Gasteiger partial charge in [-0.1, -0.05) is 12.1 Å². The van der Waals surface area contributed by atoms with Gasteiger partial charge in [-0.15, -0.1) is 0 Å². The lowest BCUT2D eigenvalue weighted by atomic mass is 10.1. The first-order chi connectivity index (χ1) is 10.7. The lowest BCUT2D eigenvalue weighted by Crippen LogP contribution is -2.25. The summed E-state index contributed by atoms with van der Waals surface area (Å²) in [6.45, 7) is 1.35. The summed E-state index contributed by atoms with van der Waals surface area (Å²) >= 11 is 0. The van der Waals surface area contributed by atoms with Crippen LogP contribution in [0.15, 0.2) is 41.2 Å². The van der Waals surface area contributed by atoms with E-state index in [-0.39, 0.29) is 11.5 Å². The van der Waals surface area contributed by atoms with E-state index in [0.29, 0.717) is 11.6 Å². The van der Waals surface area contributed by atoms with Crippen LogP contribution in [-0.4, -0.2) is 16.7 Å². The predicted octanol–water partition coefficient (Wildman–Crippen LogP) is 2.85. The summed E-state index contributed by atoms with van der Waals surface area (Å²) in [7, 11) is 0. The number of H-pyrrole nitrogens is 1. The number of aromatic amines is 1. The molecule has 1 aromatic heterocycles. The van der Waals surface area contributed by atoms with Crippen molar-refractivity contribution in [2.24, 2.45) is 0 Å². The molecule has 0 atom stereocenters. The largest absolute Gasteiger partial charge is 0.431 e. The number of carbonyl (C=O) groups is 2. The van der Waals surface area contributed by atoms with Crippen molar-refractivity contribution < 1.29 is 22.8 Å². The average molecular weight is 324 g/mol. The minimum atomic E-state index is -4.70. The van der Waals surface area contributed by atoms with Gasteiger partial charge in [-0.25, -0.2) is 0 Å². The Morgan fingerprint density at radius 2 is 1.83 bits per heavy atom. The molecular formula is C15H11F3N2O3. The van der Waals surface area contributed by atoms with E-state index >= 15 is 0 Å². The normalized spacial score (nSPS) is 11.1. The number of Topliss-reactive ketones (excluding diaryl/α,β-unsaturated/α-hetero) is 1. The van der Waals surface area contributed by atoms with E-state index in [9.17, 15) is 27.6 Å². The number of anilines is 1. The second-order valence-corrected chi connectivity index (χ2v) is 4.70. The zero-order valence-electron chi connectivity index (χ0n) is 11.8. The first-order valence-electron chi connectivity index (χ1n) is 6.41. The van der Waals surface area contributed by atoms with E-state index in [0.717, 1.165) is 6.07 Å². The third-order valence-corrected chi connectivity index (χ3v) is 2.99. The van der Waals surface area contributed by atoms with E-state index in [1.807, 2.05) is 0 Å². The molecule has 0 spiro atoms. The zero-order chi connectivity index (χ0) is 17.2. The highest BCUT2D eigenvalue weighted by atomic mass is 19.4. The number of hydrogen-bond donors (Lipinski definition) is 2. The molecule has 2 rings (SSSR count). The van der Waals surface area contributed by atoms with E-state index in [2.05, 4.69) is 5.32 Å². The van der Waals surface area contributed by atoms with Crippen LogP contribution in [0.25, 0.3) is 0 Å². The fourth-order valence-electron chi connectivity index (χ4n) is 1.83. The maximum atomic E-state index is 12.5. The molecule has 1 aromatic carbocycles. The Kier molecular flexibility index (Phi) is 4.35. The summed E-state index contributed by atoms with van der Waals surface area (Å²) in [5, 5.41) is 2.36. The predicted molar refractivity (Wildman–Crippen MR) is 76.5 cm³/mol. The van der Waals surface area contributed by atoms with Crippen molar-refractivity contribution in [3.05, 3.63) is 63.6 Å². The molecular weight excluding hydrogens is 313 g/mol. The molecule has 0 aliphatic heterocycles. The minimum absolute atomic E-state index is 0.214. The molecule has 1 amide bonds. The molecule has 120 valence electrons. The quantitative estimate of drug-likeness (QED) is 0.852. The number of benzene rings is 1. The second kappa shape index (κ2) is 6.07. The van der Waals surface area contributed by atoms with Gasteiger partial charge in [0.1, 0.15) is 11.3 Å². The Morgan fingerprint density at radius 1 is 1.13 bits per heavy atom. The molecule has 0 saturated carbocycles. The lowest BCUT2D eigenvalue weighted by Gasteiger charge is -2.08.